The highest BCUT2D eigenvalue weighted by Crippen LogP contribution is 2.08. The van der Waals surface area contributed by atoms with Gasteiger partial charge in [-0.15, -0.1) is 0 Å². The Bertz CT molecular complexity index is 247. The molecule has 58 valence electrons. The van der Waals surface area contributed by atoms with Crippen molar-refractivity contribution < 1.29 is 4.79 Å². The summed E-state index contributed by atoms with van der Waals surface area (Å²) >= 11 is 0. The van der Waals surface area contributed by atoms with Crippen LogP contribution in [0.3, 0.4) is 0 Å². The summed E-state index contributed by atoms with van der Waals surface area (Å²) in [6, 6.07) is 2.95. The van der Waals surface area contributed by atoms with E-state index in [1.54, 1.807) is 31.6 Å². The number of anilines is 1. The Morgan fingerprint density at radius 1 is 1.55 bits per heavy atom. The lowest BCUT2D eigenvalue weighted by Gasteiger charge is -2.12. The summed E-state index contributed by atoms with van der Waals surface area (Å²) in [5.74, 6) is 0. The van der Waals surface area contributed by atoms with Gasteiger partial charge in [0.15, 0.2) is 0 Å². The summed E-state index contributed by atoms with van der Waals surface area (Å²) in [4.78, 5) is 15.8. The minimum Gasteiger partial charge on any atom is -0.351 e. The SMILES string of the molecule is CN(C(N)=O)c1ccncc1. The van der Waals surface area contributed by atoms with Crippen LogP contribution in [-0.2, 0) is 0 Å². The van der Waals surface area contributed by atoms with E-state index in [4.69, 9.17) is 5.73 Å². The van der Waals surface area contributed by atoms with Crippen molar-refractivity contribution in [3.63, 3.8) is 0 Å². The lowest BCUT2D eigenvalue weighted by atomic mass is 10.4. The maximum atomic E-state index is 10.6. The van der Waals surface area contributed by atoms with Gasteiger partial charge in [-0.05, 0) is 12.1 Å². The summed E-state index contributed by atoms with van der Waals surface area (Å²) in [5.41, 5.74) is 5.78. The molecule has 1 aromatic heterocycles. The number of carbonyl (C=O) groups is 1. The van der Waals surface area contributed by atoms with E-state index in [1.165, 1.54) is 4.90 Å². The Hall–Kier alpha value is -1.58. The predicted octanol–water partition coefficient (Wildman–Crippen LogP) is 0.597. The van der Waals surface area contributed by atoms with Crippen LogP contribution in [-0.4, -0.2) is 18.1 Å². The molecule has 1 aromatic rings. The molecule has 0 aliphatic carbocycles. The summed E-state index contributed by atoms with van der Waals surface area (Å²) in [5, 5.41) is 0. The largest absolute Gasteiger partial charge is 0.351 e. The zero-order valence-corrected chi connectivity index (χ0v) is 6.19. The molecule has 0 saturated carbocycles. The number of hydrogen-bond acceptors (Lipinski definition) is 2. The highest BCUT2D eigenvalue weighted by atomic mass is 16.2. The Kier molecular flexibility index (Phi) is 2.06. The molecule has 2 amide bonds. The quantitative estimate of drug-likeness (QED) is 0.638. The van der Waals surface area contributed by atoms with Gasteiger partial charge in [0, 0.05) is 25.1 Å². The number of rotatable bonds is 1. The summed E-state index contributed by atoms with van der Waals surface area (Å²) in [7, 11) is 1.61. The van der Waals surface area contributed by atoms with Gasteiger partial charge in [-0.25, -0.2) is 4.79 Å². The highest BCUT2D eigenvalue weighted by molar-refractivity contribution is 5.89. The van der Waals surface area contributed by atoms with Crippen molar-refractivity contribution in [1.29, 1.82) is 0 Å². The fourth-order valence-electron chi connectivity index (χ4n) is 0.695. The van der Waals surface area contributed by atoms with Crippen molar-refractivity contribution in [3.8, 4) is 0 Å². The van der Waals surface area contributed by atoms with E-state index in [2.05, 4.69) is 4.98 Å². The molecule has 4 heteroatoms. The minimum atomic E-state index is -0.476. The molecule has 4 nitrogen and oxygen atoms in total. The molecule has 0 saturated heterocycles. The molecular formula is C7H9N3O. The number of carbonyl (C=O) groups excluding carboxylic acids is 1. The highest BCUT2D eigenvalue weighted by Gasteiger charge is 2.03. The number of pyridine rings is 1. The molecule has 0 atom stereocenters. The third-order valence-electron chi connectivity index (χ3n) is 1.38. The van der Waals surface area contributed by atoms with Gasteiger partial charge in [0.1, 0.15) is 0 Å². The topological polar surface area (TPSA) is 59.2 Å². The van der Waals surface area contributed by atoms with Crippen molar-refractivity contribution in [2.45, 2.75) is 0 Å². The zero-order chi connectivity index (χ0) is 8.27. The molecule has 0 aromatic carbocycles. The number of primary amides is 1. The Labute approximate surface area is 64.6 Å². The first-order chi connectivity index (χ1) is 5.22. The van der Waals surface area contributed by atoms with Crippen LogP contribution in [0, 0.1) is 0 Å². The number of nitrogens with zero attached hydrogens (tertiary/aromatic N) is 2. The average Bonchev–Trinajstić information content (AvgIpc) is 2.05. The van der Waals surface area contributed by atoms with Gasteiger partial charge in [-0.3, -0.25) is 9.88 Å². The van der Waals surface area contributed by atoms with E-state index < -0.39 is 6.03 Å². The second-order valence-electron chi connectivity index (χ2n) is 2.10. The number of hydrogen-bond donors (Lipinski definition) is 1. The van der Waals surface area contributed by atoms with E-state index in [0.717, 1.165) is 5.69 Å². The van der Waals surface area contributed by atoms with Crippen LogP contribution in [0.2, 0.25) is 0 Å². The van der Waals surface area contributed by atoms with Crippen LogP contribution in [0.15, 0.2) is 24.5 Å². The second kappa shape index (κ2) is 3.01. The summed E-state index contributed by atoms with van der Waals surface area (Å²) in [6.07, 6.45) is 3.21. The first-order valence-corrected chi connectivity index (χ1v) is 3.15. The van der Waals surface area contributed by atoms with Crippen LogP contribution in [0.4, 0.5) is 10.5 Å². The lowest BCUT2D eigenvalue weighted by Crippen LogP contribution is -2.31. The van der Waals surface area contributed by atoms with Crippen LogP contribution in [0.25, 0.3) is 0 Å². The van der Waals surface area contributed by atoms with E-state index in [0.29, 0.717) is 0 Å². The molecule has 0 aliphatic heterocycles. The van der Waals surface area contributed by atoms with Gasteiger partial charge in [-0.1, -0.05) is 0 Å². The maximum absolute atomic E-state index is 10.6. The normalized spacial score (nSPS) is 9.18. The van der Waals surface area contributed by atoms with Crippen LogP contribution in [0.5, 0.6) is 0 Å². The first kappa shape index (κ1) is 7.53. The summed E-state index contributed by atoms with van der Waals surface area (Å²) in [6.45, 7) is 0. The second-order valence-corrected chi connectivity index (χ2v) is 2.10. The van der Waals surface area contributed by atoms with Gasteiger partial charge in [0.05, 0.1) is 0 Å². The molecule has 0 bridgehead atoms. The van der Waals surface area contributed by atoms with E-state index in [9.17, 15) is 4.79 Å². The van der Waals surface area contributed by atoms with E-state index in [1.807, 2.05) is 0 Å². The molecule has 0 aliphatic rings. The minimum absolute atomic E-state index is 0.476. The van der Waals surface area contributed by atoms with Crippen molar-refractivity contribution in [2.75, 3.05) is 11.9 Å². The number of urea groups is 1. The molecule has 11 heavy (non-hydrogen) atoms. The molecular weight excluding hydrogens is 142 g/mol. The molecule has 0 radical (unpaired) electrons. The molecule has 0 fully saturated rings. The molecule has 1 heterocycles. The third-order valence-corrected chi connectivity index (χ3v) is 1.38. The zero-order valence-electron chi connectivity index (χ0n) is 6.19. The van der Waals surface area contributed by atoms with E-state index >= 15 is 0 Å². The standard InChI is InChI=1S/C7H9N3O/c1-10(7(8)11)6-2-4-9-5-3-6/h2-5H,1H3,(H2,8,11). The molecule has 1 rings (SSSR count). The van der Waals surface area contributed by atoms with Gasteiger partial charge in [0.25, 0.3) is 0 Å². The van der Waals surface area contributed by atoms with E-state index in [-0.39, 0.29) is 0 Å². The Morgan fingerprint density at radius 3 is 2.55 bits per heavy atom. The number of aromatic nitrogens is 1. The number of nitrogens with two attached hydrogens (primary N) is 1. The predicted molar refractivity (Wildman–Crippen MR) is 42.2 cm³/mol. The molecule has 2 N–H and O–H groups in total. The van der Waals surface area contributed by atoms with Crippen molar-refractivity contribution in [2.24, 2.45) is 5.73 Å². The monoisotopic (exact) mass is 151 g/mol. The van der Waals surface area contributed by atoms with Gasteiger partial charge in [-0.2, -0.15) is 0 Å². The maximum Gasteiger partial charge on any atom is 0.318 e. The van der Waals surface area contributed by atoms with Crippen LogP contribution >= 0.6 is 0 Å². The van der Waals surface area contributed by atoms with Crippen LogP contribution in [0.1, 0.15) is 0 Å². The Morgan fingerprint density at radius 2 is 2.09 bits per heavy atom. The third kappa shape index (κ3) is 1.67. The van der Waals surface area contributed by atoms with Gasteiger partial charge in [0.2, 0.25) is 0 Å². The molecule has 0 unspecified atom stereocenters. The van der Waals surface area contributed by atoms with Crippen molar-refractivity contribution >= 4 is 11.7 Å². The fourth-order valence-corrected chi connectivity index (χ4v) is 0.695. The summed E-state index contributed by atoms with van der Waals surface area (Å²) < 4.78 is 0. The molecule has 0 spiro atoms. The van der Waals surface area contributed by atoms with Gasteiger partial charge < -0.3 is 5.73 Å². The Balaban J connectivity index is 2.85. The number of amides is 2. The first-order valence-electron chi connectivity index (χ1n) is 3.15. The van der Waals surface area contributed by atoms with Gasteiger partial charge >= 0.3 is 6.03 Å². The average molecular weight is 151 g/mol. The van der Waals surface area contributed by atoms with Crippen molar-refractivity contribution in [1.82, 2.24) is 4.98 Å². The smallest absolute Gasteiger partial charge is 0.318 e. The van der Waals surface area contributed by atoms with Crippen molar-refractivity contribution in [3.05, 3.63) is 24.5 Å². The van der Waals surface area contributed by atoms with Crippen LogP contribution < -0.4 is 10.6 Å². The lowest BCUT2D eigenvalue weighted by molar-refractivity contribution is 0.255. The fraction of sp³-hybridized carbons (Fsp3) is 0.143.